The summed E-state index contributed by atoms with van der Waals surface area (Å²) >= 11 is 1.52. The Bertz CT molecular complexity index is 910. The molecule has 1 heterocycles. The van der Waals surface area contributed by atoms with Crippen molar-refractivity contribution in [2.24, 2.45) is 5.73 Å². The summed E-state index contributed by atoms with van der Waals surface area (Å²) in [5.74, 6) is 0.171. The van der Waals surface area contributed by atoms with Crippen molar-refractivity contribution in [2.75, 3.05) is 0 Å². The van der Waals surface area contributed by atoms with Gasteiger partial charge < -0.3 is 10.8 Å². The lowest BCUT2D eigenvalue weighted by Crippen LogP contribution is -2.35. The molecule has 0 saturated carbocycles. The number of nitrogens with two attached hydrogens (primary N) is 1. The molecule has 0 fully saturated rings. The van der Waals surface area contributed by atoms with Crippen LogP contribution < -0.4 is 11.2 Å². The van der Waals surface area contributed by atoms with Gasteiger partial charge in [0, 0.05) is 31.3 Å². The second-order valence-electron chi connectivity index (χ2n) is 5.63. The summed E-state index contributed by atoms with van der Waals surface area (Å²) in [7, 11) is 0. The van der Waals surface area contributed by atoms with Gasteiger partial charge in [0.15, 0.2) is 5.43 Å². The van der Waals surface area contributed by atoms with Gasteiger partial charge in [0.05, 0.1) is 0 Å². The highest BCUT2D eigenvalue weighted by atomic mass is 32.1. The first-order valence-corrected chi connectivity index (χ1v) is 8.30. The van der Waals surface area contributed by atoms with Gasteiger partial charge in [-0.25, -0.2) is 0 Å². The summed E-state index contributed by atoms with van der Waals surface area (Å²) in [5, 5.41) is 11.7. The normalized spacial score (nSPS) is 12.1. The van der Waals surface area contributed by atoms with Crippen molar-refractivity contribution in [1.82, 2.24) is 0 Å². The van der Waals surface area contributed by atoms with Crippen LogP contribution in [0.5, 0.6) is 5.75 Å². The predicted octanol–water partition coefficient (Wildman–Crippen LogP) is 4.09. The Kier molecular flexibility index (Phi) is 3.67. The monoisotopic (exact) mass is 313 g/mol. The molecule has 114 valence electrons. The zero-order chi connectivity index (χ0) is 15.9. The third kappa shape index (κ3) is 2.11. The van der Waals surface area contributed by atoms with Crippen molar-refractivity contribution >= 4 is 31.5 Å². The minimum absolute atomic E-state index is 0.000145. The number of hydrogen-bond donors (Lipinski definition) is 2. The highest BCUT2D eigenvalue weighted by Gasteiger charge is 2.29. The Morgan fingerprint density at radius 1 is 1.09 bits per heavy atom. The Hall–Kier alpha value is -1.91. The van der Waals surface area contributed by atoms with Crippen LogP contribution in [0.15, 0.2) is 41.2 Å². The topological polar surface area (TPSA) is 63.3 Å². The van der Waals surface area contributed by atoms with Crippen LogP contribution >= 0.6 is 11.3 Å². The fourth-order valence-corrected chi connectivity index (χ4v) is 4.26. The van der Waals surface area contributed by atoms with E-state index in [-0.39, 0.29) is 11.2 Å². The number of phenolic OH excluding ortho intramolecular Hbond substituents is 1. The number of fused-ring (bicyclic) bond motifs is 2. The molecule has 0 amide bonds. The van der Waals surface area contributed by atoms with Crippen LogP contribution in [-0.4, -0.2) is 5.11 Å². The summed E-state index contributed by atoms with van der Waals surface area (Å²) in [5.41, 5.74) is 6.59. The van der Waals surface area contributed by atoms with E-state index in [2.05, 4.69) is 0 Å². The average Bonchev–Trinajstić information content (AvgIpc) is 2.54. The number of aromatic hydroxyl groups is 1. The van der Waals surface area contributed by atoms with E-state index in [4.69, 9.17) is 5.73 Å². The van der Waals surface area contributed by atoms with E-state index < -0.39 is 5.54 Å². The van der Waals surface area contributed by atoms with Crippen LogP contribution in [0.4, 0.5) is 0 Å². The largest absolute Gasteiger partial charge is 0.508 e. The average molecular weight is 313 g/mol. The first kappa shape index (κ1) is 15.0. The van der Waals surface area contributed by atoms with Gasteiger partial charge in [-0.3, -0.25) is 4.79 Å². The SMILES string of the molecule is CCC(N)(CC)c1c(O)ccc2c(=O)c3ccccc3sc12. The molecule has 1 aromatic heterocycles. The molecular weight excluding hydrogens is 294 g/mol. The fourth-order valence-electron chi connectivity index (χ4n) is 2.94. The lowest BCUT2D eigenvalue weighted by Gasteiger charge is -2.29. The molecule has 4 heteroatoms. The van der Waals surface area contributed by atoms with E-state index in [0.29, 0.717) is 29.2 Å². The van der Waals surface area contributed by atoms with Gasteiger partial charge in [-0.15, -0.1) is 11.3 Å². The lowest BCUT2D eigenvalue weighted by molar-refractivity contribution is 0.385. The molecule has 0 aliphatic heterocycles. The number of phenols is 1. The summed E-state index contributed by atoms with van der Waals surface area (Å²) < 4.78 is 1.72. The summed E-state index contributed by atoms with van der Waals surface area (Å²) in [4.78, 5) is 12.7. The van der Waals surface area contributed by atoms with Gasteiger partial charge in [0.1, 0.15) is 5.75 Å². The minimum Gasteiger partial charge on any atom is -0.508 e. The first-order valence-electron chi connectivity index (χ1n) is 7.48. The highest BCUT2D eigenvalue weighted by Crippen LogP contribution is 2.40. The second kappa shape index (κ2) is 5.38. The molecular formula is C18H19NO2S. The van der Waals surface area contributed by atoms with Crippen LogP contribution in [0, 0.1) is 0 Å². The molecule has 0 saturated heterocycles. The Labute approximate surface area is 133 Å². The highest BCUT2D eigenvalue weighted by molar-refractivity contribution is 7.24. The van der Waals surface area contributed by atoms with E-state index in [1.807, 2.05) is 38.1 Å². The van der Waals surface area contributed by atoms with Gasteiger partial charge in [0.2, 0.25) is 0 Å². The van der Waals surface area contributed by atoms with Crippen LogP contribution in [0.3, 0.4) is 0 Å². The molecule has 3 N–H and O–H groups in total. The molecule has 3 nitrogen and oxygen atoms in total. The summed E-state index contributed by atoms with van der Waals surface area (Å²) in [6, 6.07) is 10.9. The van der Waals surface area contributed by atoms with Crippen molar-refractivity contribution < 1.29 is 5.11 Å². The van der Waals surface area contributed by atoms with E-state index >= 15 is 0 Å². The fraction of sp³-hybridized carbons (Fsp3) is 0.278. The van der Waals surface area contributed by atoms with Gasteiger partial charge >= 0.3 is 0 Å². The molecule has 2 aromatic carbocycles. The smallest absolute Gasteiger partial charge is 0.195 e. The lowest BCUT2D eigenvalue weighted by atomic mass is 9.84. The molecule has 3 aromatic rings. The first-order chi connectivity index (χ1) is 10.5. The quantitative estimate of drug-likeness (QED) is 0.716. The van der Waals surface area contributed by atoms with E-state index in [1.54, 1.807) is 12.1 Å². The maximum atomic E-state index is 12.7. The van der Waals surface area contributed by atoms with Crippen molar-refractivity contribution in [3.63, 3.8) is 0 Å². The molecule has 0 bridgehead atoms. The molecule has 22 heavy (non-hydrogen) atoms. The number of rotatable bonds is 3. The Balaban J connectivity index is 2.52. The third-order valence-electron chi connectivity index (χ3n) is 4.48. The minimum atomic E-state index is -0.630. The molecule has 0 atom stereocenters. The Morgan fingerprint density at radius 3 is 2.45 bits per heavy atom. The third-order valence-corrected chi connectivity index (χ3v) is 5.69. The second-order valence-corrected chi connectivity index (χ2v) is 6.68. The molecule has 0 spiro atoms. The molecule has 0 aliphatic carbocycles. The Morgan fingerprint density at radius 2 is 1.77 bits per heavy atom. The van der Waals surface area contributed by atoms with Crippen LogP contribution in [0.1, 0.15) is 32.3 Å². The molecule has 0 radical (unpaired) electrons. The van der Waals surface area contributed by atoms with Crippen molar-refractivity contribution in [2.45, 2.75) is 32.2 Å². The van der Waals surface area contributed by atoms with E-state index in [0.717, 1.165) is 9.40 Å². The van der Waals surface area contributed by atoms with Gasteiger partial charge in [0.25, 0.3) is 0 Å². The van der Waals surface area contributed by atoms with Gasteiger partial charge in [-0.05, 0) is 37.1 Å². The van der Waals surface area contributed by atoms with Crippen molar-refractivity contribution in [3.05, 3.63) is 52.2 Å². The number of hydrogen-bond acceptors (Lipinski definition) is 4. The summed E-state index contributed by atoms with van der Waals surface area (Å²) in [6.45, 7) is 4.01. The van der Waals surface area contributed by atoms with E-state index in [1.165, 1.54) is 11.3 Å². The predicted molar refractivity (Wildman–Crippen MR) is 93.7 cm³/mol. The van der Waals surface area contributed by atoms with E-state index in [9.17, 15) is 9.90 Å². The molecule has 3 rings (SSSR count). The standard InChI is InChI=1S/C18H19NO2S/c1-3-18(19,4-2)15-13(20)10-9-12-16(21)11-7-5-6-8-14(11)22-17(12)15/h5-10,20H,3-4,19H2,1-2H3. The van der Waals surface area contributed by atoms with Crippen molar-refractivity contribution in [3.8, 4) is 5.75 Å². The number of benzene rings is 2. The van der Waals surface area contributed by atoms with Crippen molar-refractivity contribution in [1.29, 1.82) is 0 Å². The zero-order valence-corrected chi connectivity index (χ0v) is 13.5. The zero-order valence-electron chi connectivity index (χ0n) is 12.7. The van der Waals surface area contributed by atoms with Gasteiger partial charge in [-0.1, -0.05) is 26.0 Å². The maximum absolute atomic E-state index is 12.7. The maximum Gasteiger partial charge on any atom is 0.195 e. The van der Waals surface area contributed by atoms with Gasteiger partial charge in [-0.2, -0.15) is 0 Å². The van der Waals surface area contributed by atoms with Crippen LogP contribution in [0.2, 0.25) is 0 Å². The van der Waals surface area contributed by atoms with Crippen LogP contribution in [-0.2, 0) is 5.54 Å². The summed E-state index contributed by atoms with van der Waals surface area (Å²) in [6.07, 6.45) is 1.40. The molecule has 0 unspecified atom stereocenters. The molecule has 0 aliphatic rings. The van der Waals surface area contributed by atoms with Crippen LogP contribution in [0.25, 0.3) is 20.2 Å².